The van der Waals surface area contributed by atoms with Gasteiger partial charge < -0.3 is 19.5 Å². The number of benzene rings is 2. The van der Waals surface area contributed by atoms with Gasteiger partial charge in [-0.25, -0.2) is 4.98 Å². The standard InChI is InChI=1S/C22H22N2O4S2/c1-2-26-18-6-3-15(4-7-18)22-24-17(13-30-22)12-29-10-9-21(25)23-16-5-8-19-20(11-16)28-14-27-19/h3-8,11,13H,2,9-10,12,14H2,1H3,(H,23,25). The Kier molecular flexibility index (Phi) is 6.76. The van der Waals surface area contributed by atoms with Crippen molar-refractivity contribution in [3.05, 3.63) is 53.5 Å². The van der Waals surface area contributed by atoms with Crippen LogP contribution in [0.4, 0.5) is 5.69 Å². The number of carbonyl (C=O) groups excluding carboxylic acids is 1. The maximum Gasteiger partial charge on any atom is 0.231 e. The van der Waals surface area contributed by atoms with Gasteiger partial charge >= 0.3 is 0 Å². The molecule has 0 bridgehead atoms. The van der Waals surface area contributed by atoms with E-state index in [4.69, 9.17) is 19.2 Å². The van der Waals surface area contributed by atoms with Crippen molar-refractivity contribution in [3.8, 4) is 27.8 Å². The summed E-state index contributed by atoms with van der Waals surface area (Å²) in [6, 6.07) is 13.4. The Hall–Kier alpha value is -2.71. The second-order valence-electron chi connectivity index (χ2n) is 6.52. The number of nitrogens with one attached hydrogen (secondary N) is 1. The zero-order valence-electron chi connectivity index (χ0n) is 16.6. The first kappa shape index (κ1) is 20.6. The molecule has 6 nitrogen and oxygen atoms in total. The van der Waals surface area contributed by atoms with Crippen molar-refractivity contribution in [1.29, 1.82) is 0 Å². The number of nitrogens with zero attached hydrogens (tertiary/aromatic N) is 1. The SMILES string of the molecule is CCOc1ccc(-c2nc(CSCCC(=O)Nc3ccc4c(c3)OCO4)cs2)cc1. The topological polar surface area (TPSA) is 69.7 Å². The zero-order valence-corrected chi connectivity index (χ0v) is 18.2. The molecular weight excluding hydrogens is 420 g/mol. The number of carbonyl (C=O) groups is 1. The van der Waals surface area contributed by atoms with Crippen LogP contribution < -0.4 is 19.5 Å². The summed E-state index contributed by atoms with van der Waals surface area (Å²) < 4.78 is 16.1. The molecule has 1 aliphatic heterocycles. The van der Waals surface area contributed by atoms with Crippen molar-refractivity contribution in [1.82, 2.24) is 4.98 Å². The molecule has 0 atom stereocenters. The highest BCUT2D eigenvalue weighted by Crippen LogP contribution is 2.34. The second-order valence-corrected chi connectivity index (χ2v) is 8.48. The van der Waals surface area contributed by atoms with E-state index < -0.39 is 0 Å². The van der Waals surface area contributed by atoms with Crippen LogP contribution in [-0.2, 0) is 10.5 Å². The Morgan fingerprint density at radius 2 is 2.03 bits per heavy atom. The number of amides is 1. The molecule has 30 heavy (non-hydrogen) atoms. The molecule has 0 unspecified atom stereocenters. The van der Waals surface area contributed by atoms with Crippen molar-refractivity contribution in [2.24, 2.45) is 0 Å². The highest BCUT2D eigenvalue weighted by atomic mass is 32.2. The number of hydrogen-bond donors (Lipinski definition) is 1. The van der Waals surface area contributed by atoms with Gasteiger partial charge in [0.2, 0.25) is 12.7 Å². The maximum absolute atomic E-state index is 12.2. The average Bonchev–Trinajstić information content (AvgIpc) is 3.41. The number of rotatable bonds is 9. The predicted molar refractivity (Wildman–Crippen MR) is 121 cm³/mol. The Labute approximate surface area is 183 Å². The summed E-state index contributed by atoms with van der Waals surface area (Å²) in [6.45, 7) is 2.85. The number of thiazole rings is 1. The first-order valence-corrected chi connectivity index (χ1v) is 11.7. The fourth-order valence-corrected chi connectivity index (χ4v) is 4.67. The summed E-state index contributed by atoms with van der Waals surface area (Å²) in [5.74, 6) is 3.73. The number of thioether (sulfide) groups is 1. The predicted octanol–water partition coefficient (Wildman–Crippen LogP) is 5.20. The van der Waals surface area contributed by atoms with Gasteiger partial charge in [-0.2, -0.15) is 11.8 Å². The molecule has 156 valence electrons. The van der Waals surface area contributed by atoms with Crippen molar-refractivity contribution < 1.29 is 19.0 Å². The van der Waals surface area contributed by atoms with E-state index in [0.29, 0.717) is 30.2 Å². The van der Waals surface area contributed by atoms with Crippen molar-refractivity contribution >= 4 is 34.7 Å². The summed E-state index contributed by atoms with van der Waals surface area (Å²) in [7, 11) is 0. The van der Waals surface area contributed by atoms with E-state index in [9.17, 15) is 4.79 Å². The van der Waals surface area contributed by atoms with E-state index in [1.807, 2.05) is 37.3 Å². The third kappa shape index (κ3) is 5.25. The zero-order chi connectivity index (χ0) is 20.8. The second kappa shape index (κ2) is 9.86. The van der Waals surface area contributed by atoms with E-state index in [-0.39, 0.29) is 12.7 Å². The molecular formula is C22H22N2O4S2. The van der Waals surface area contributed by atoms with Gasteiger partial charge in [0.05, 0.1) is 12.3 Å². The molecule has 0 saturated heterocycles. The van der Waals surface area contributed by atoms with Gasteiger partial charge in [-0.1, -0.05) is 0 Å². The molecule has 2 aromatic carbocycles. The summed E-state index contributed by atoms with van der Waals surface area (Å²) >= 11 is 3.33. The molecule has 2 heterocycles. The van der Waals surface area contributed by atoms with Crippen LogP contribution in [0.3, 0.4) is 0 Å². The first-order chi connectivity index (χ1) is 14.7. The van der Waals surface area contributed by atoms with Crippen LogP contribution in [0, 0.1) is 0 Å². The monoisotopic (exact) mass is 442 g/mol. The minimum Gasteiger partial charge on any atom is -0.494 e. The summed E-state index contributed by atoms with van der Waals surface area (Å²) in [5, 5.41) is 5.97. The lowest BCUT2D eigenvalue weighted by atomic mass is 10.2. The van der Waals surface area contributed by atoms with Crippen molar-refractivity contribution in [2.45, 2.75) is 19.1 Å². The number of anilines is 1. The molecule has 0 saturated carbocycles. The van der Waals surface area contributed by atoms with Crippen LogP contribution in [0.5, 0.6) is 17.2 Å². The molecule has 0 aliphatic carbocycles. The first-order valence-electron chi connectivity index (χ1n) is 9.66. The molecule has 4 rings (SSSR count). The normalized spacial score (nSPS) is 12.0. The van der Waals surface area contributed by atoms with Crippen LogP contribution in [0.25, 0.3) is 10.6 Å². The van der Waals surface area contributed by atoms with Gasteiger partial charge in [-0.3, -0.25) is 4.79 Å². The number of aromatic nitrogens is 1. The molecule has 0 radical (unpaired) electrons. The van der Waals surface area contributed by atoms with Gasteiger partial charge in [0.1, 0.15) is 10.8 Å². The molecule has 1 aromatic heterocycles. The van der Waals surface area contributed by atoms with Gasteiger partial charge in [0.25, 0.3) is 0 Å². The van der Waals surface area contributed by atoms with Crippen molar-refractivity contribution in [3.63, 3.8) is 0 Å². The molecule has 1 N–H and O–H groups in total. The lowest BCUT2D eigenvalue weighted by Crippen LogP contribution is -2.12. The minimum absolute atomic E-state index is 0.0188. The summed E-state index contributed by atoms with van der Waals surface area (Å²) in [6.07, 6.45) is 0.439. The Morgan fingerprint density at radius 1 is 1.20 bits per heavy atom. The fourth-order valence-electron chi connectivity index (χ4n) is 2.91. The Bertz CT molecular complexity index is 1000. The van der Waals surface area contributed by atoms with Crippen LogP contribution >= 0.6 is 23.1 Å². The third-order valence-electron chi connectivity index (χ3n) is 4.34. The largest absolute Gasteiger partial charge is 0.494 e. The molecule has 1 amide bonds. The molecule has 0 spiro atoms. The molecule has 3 aromatic rings. The van der Waals surface area contributed by atoms with Gasteiger partial charge in [-0.05, 0) is 43.3 Å². The lowest BCUT2D eigenvalue weighted by Gasteiger charge is -2.06. The Balaban J connectivity index is 1.21. The average molecular weight is 443 g/mol. The highest BCUT2D eigenvalue weighted by molar-refractivity contribution is 7.98. The van der Waals surface area contributed by atoms with Crippen LogP contribution in [0.15, 0.2) is 47.8 Å². The number of hydrogen-bond acceptors (Lipinski definition) is 7. The Morgan fingerprint density at radius 3 is 2.87 bits per heavy atom. The van der Waals surface area contributed by atoms with Gasteiger partial charge in [0, 0.05) is 40.6 Å². The van der Waals surface area contributed by atoms with E-state index in [0.717, 1.165) is 33.5 Å². The van der Waals surface area contributed by atoms with Crippen LogP contribution in [0.2, 0.25) is 0 Å². The summed E-state index contributed by atoms with van der Waals surface area (Å²) in [5.41, 5.74) is 2.83. The molecule has 8 heteroatoms. The third-order valence-corrected chi connectivity index (χ3v) is 6.28. The highest BCUT2D eigenvalue weighted by Gasteiger charge is 2.14. The van der Waals surface area contributed by atoms with E-state index in [1.165, 1.54) is 0 Å². The van der Waals surface area contributed by atoms with Crippen molar-refractivity contribution in [2.75, 3.05) is 24.5 Å². The van der Waals surface area contributed by atoms with E-state index in [1.54, 1.807) is 35.2 Å². The maximum atomic E-state index is 12.2. The number of fused-ring (bicyclic) bond motifs is 1. The quantitative estimate of drug-likeness (QED) is 0.460. The van der Waals surface area contributed by atoms with Gasteiger partial charge in [-0.15, -0.1) is 11.3 Å². The smallest absolute Gasteiger partial charge is 0.231 e. The van der Waals surface area contributed by atoms with E-state index >= 15 is 0 Å². The van der Waals surface area contributed by atoms with Crippen LogP contribution in [0.1, 0.15) is 19.0 Å². The summed E-state index contributed by atoms with van der Waals surface area (Å²) in [4.78, 5) is 16.9. The number of ether oxygens (including phenoxy) is 3. The molecule has 0 fully saturated rings. The van der Waals surface area contributed by atoms with Crippen LogP contribution in [-0.4, -0.2) is 30.0 Å². The minimum atomic E-state index is -0.0188. The lowest BCUT2D eigenvalue weighted by molar-refractivity contribution is -0.115. The fraction of sp³-hybridized carbons (Fsp3) is 0.273. The van der Waals surface area contributed by atoms with E-state index in [2.05, 4.69) is 10.7 Å². The van der Waals surface area contributed by atoms with Gasteiger partial charge in [0.15, 0.2) is 11.5 Å². The molecule has 1 aliphatic rings.